The standard InChI is InChI=1S/C23H19FN2O2S/c1-15-13-17(22(28)25-19-5-3-2-4-6-19)9-12-20(15)26-21(27)14-29-23(26)16-7-10-18(24)11-8-16/h2-13,23H,14H2,1H3,(H,25,28). The summed E-state index contributed by atoms with van der Waals surface area (Å²) in [5.41, 5.74) is 3.70. The monoisotopic (exact) mass is 406 g/mol. The first kappa shape index (κ1) is 19.2. The zero-order chi connectivity index (χ0) is 20.4. The second-order valence-corrected chi connectivity index (χ2v) is 7.87. The number of nitrogens with one attached hydrogen (secondary N) is 1. The maximum Gasteiger partial charge on any atom is 0.255 e. The maximum absolute atomic E-state index is 13.3. The quantitative estimate of drug-likeness (QED) is 0.651. The molecule has 1 aliphatic rings. The third-order valence-corrected chi connectivity index (χ3v) is 5.99. The van der Waals surface area contributed by atoms with Gasteiger partial charge in [0.15, 0.2) is 0 Å². The summed E-state index contributed by atoms with van der Waals surface area (Å²) in [4.78, 5) is 26.9. The molecule has 0 bridgehead atoms. The van der Waals surface area contributed by atoms with Crippen molar-refractivity contribution in [1.82, 2.24) is 0 Å². The molecule has 2 amide bonds. The molecule has 0 spiro atoms. The van der Waals surface area contributed by atoms with E-state index < -0.39 is 0 Å². The SMILES string of the molecule is Cc1cc(C(=O)Nc2ccccc2)ccc1N1C(=O)CSC1c1ccc(F)cc1. The highest BCUT2D eigenvalue weighted by atomic mass is 32.2. The van der Waals surface area contributed by atoms with Crippen LogP contribution in [0.25, 0.3) is 0 Å². The van der Waals surface area contributed by atoms with Crippen LogP contribution >= 0.6 is 11.8 Å². The molecule has 29 heavy (non-hydrogen) atoms. The van der Waals surface area contributed by atoms with Crippen LogP contribution < -0.4 is 10.2 Å². The Kier molecular flexibility index (Phi) is 5.36. The van der Waals surface area contributed by atoms with E-state index >= 15 is 0 Å². The number of halogens is 1. The fourth-order valence-corrected chi connectivity index (χ4v) is 4.52. The Morgan fingerprint density at radius 3 is 2.48 bits per heavy atom. The minimum Gasteiger partial charge on any atom is -0.322 e. The Morgan fingerprint density at radius 2 is 1.79 bits per heavy atom. The number of aryl methyl sites for hydroxylation is 1. The topological polar surface area (TPSA) is 49.4 Å². The molecule has 1 N–H and O–H groups in total. The lowest BCUT2D eigenvalue weighted by Crippen LogP contribution is -2.28. The van der Waals surface area contributed by atoms with Crippen molar-refractivity contribution in [3.8, 4) is 0 Å². The van der Waals surface area contributed by atoms with Crippen LogP contribution in [0, 0.1) is 12.7 Å². The van der Waals surface area contributed by atoms with Crippen molar-refractivity contribution >= 4 is 35.0 Å². The number of nitrogens with zero attached hydrogens (tertiary/aromatic N) is 1. The second-order valence-electron chi connectivity index (χ2n) is 6.80. The summed E-state index contributed by atoms with van der Waals surface area (Å²) in [7, 11) is 0. The zero-order valence-corrected chi connectivity index (χ0v) is 16.6. The Morgan fingerprint density at radius 1 is 1.07 bits per heavy atom. The van der Waals surface area contributed by atoms with E-state index in [1.807, 2.05) is 37.3 Å². The largest absolute Gasteiger partial charge is 0.322 e. The van der Waals surface area contributed by atoms with Gasteiger partial charge in [0.05, 0.1) is 5.75 Å². The normalized spacial score (nSPS) is 16.1. The molecular formula is C23H19FN2O2S. The van der Waals surface area contributed by atoms with E-state index in [0.29, 0.717) is 11.3 Å². The number of thioether (sulfide) groups is 1. The zero-order valence-electron chi connectivity index (χ0n) is 15.8. The van der Waals surface area contributed by atoms with E-state index in [2.05, 4.69) is 5.32 Å². The highest BCUT2D eigenvalue weighted by molar-refractivity contribution is 8.00. The molecule has 0 aliphatic carbocycles. The maximum atomic E-state index is 13.3. The fourth-order valence-electron chi connectivity index (χ4n) is 3.35. The van der Waals surface area contributed by atoms with Crippen molar-refractivity contribution in [2.45, 2.75) is 12.3 Å². The number of amides is 2. The summed E-state index contributed by atoms with van der Waals surface area (Å²) in [6.45, 7) is 1.88. The van der Waals surface area contributed by atoms with Gasteiger partial charge >= 0.3 is 0 Å². The van der Waals surface area contributed by atoms with Gasteiger partial charge in [-0.15, -0.1) is 11.8 Å². The molecule has 1 aliphatic heterocycles. The number of benzene rings is 3. The summed E-state index contributed by atoms with van der Waals surface area (Å²) < 4.78 is 13.3. The van der Waals surface area contributed by atoms with Gasteiger partial charge in [-0.2, -0.15) is 0 Å². The average molecular weight is 406 g/mol. The van der Waals surface area contributed by atoms with Gasteiger partial charge in [-0.3, -0.25) is 14.5 Å². The smallest absolute Gasteiger partial charge is 0.255 e. The van der Waals surface area contributed by atoms with Crippen molar-refractivity contribution < 1.29 is 14.0 Å². The second kappa shape index (κ2) is 8.09. The lowest BCUT2D eigenvalue weighted by Gasteiger charge is -2.26. The molecular weight excluding hydrogens is 387 g/mol. The Balaban J connectivity index is 1.60. The van der Waals surface area contributed by atoms with Gasteiger partial charge < -0.3 is 5.32 Å². The predicted molar refractivity (Wildman–Crippen MR) is 115 cm³/mol. The third kappa shape index (κ3) is 4.03. The molecule has 1 saturated heterocycles. The number of carbonyl (C=O) groups is 2. The fraction of sp³-hybridized carbons (Fsp3) is 0.130. The van der Waals surface area contributed by atoms with Crippen LogP contribution in [-0.2, 0) is 4.79 Å². The molecule has 0 saturated carbocycles. The van der Waals surface area contributed by atoms with E-state index in [1.54, 1.807) is 35.2 Å². The van der Waals surface area contributed by atoms with Crippen LogP contribution in [0.1, 0.15) is 26.9 Å². The molecule has 1 unspecified atom stereocenters. The summed E-state index contributed by atoms with van der Waals surface area (Å²) in [5.74, 6) is -0.158. The minimum absolute atomic E-state index is 0.00564. The first-order chi connectivity index (χ1) is 14.0. The molecule has 146 valence electrons. The Bertz CT molecular complexity index is 1050. The lowest BCUT2D eigenvalue weighted by atomic mass is 10.1. The number of para-hydroxylation sites is 1. The summed E-state index contributed by atoms with van der Waals surface area (Å²) >= 11 is 1.51. The molecule has 1 fully saturated rings. The lowest BCUT2D eigenvalue weighted by molar-refractivity contribution is -0.115. The van der Waals surface area contributed by atoms with Gasteiger partial charge in [-0.25, -0.2) is 4.39 Å². The number of hydrogen-bond donors (Lipinski definition) is 1. The van der Waals surface area contributed by atoms with Crippen molar-refractivity contribution in [3.05, 3.63) is 95.3 Å². The first-order valence-corrected chi connectivity index (χ1v) is 10.2. The van der Waals surface area contributed by atoms with Crippen LogP contribution in [0.2, 0.25) is 0 Å². The molecule has 4 rings (SSSR count). The number of anilines is 2. The van der Waals surface area contributed by atoms with E-state index in [0.717, 1.165) is 22.5 Å². The van der Waals surface area contributed by atoms with Gasteiger partial charge in [-0.05, 0) is 60.5 Å². The molecule has 1 heterocycles. The molecule has 3 aromatic rings. The third-order valence-electron chi connectivity index (χ3n) is 4.77. The van der Waals surface area contributed by atoms with Crippen LogP contribution in [0.15, 0.2) is 72.8 Å². The van der Waals surface area contributed by atoms with Crippen molar-refractivity contribution in [2.24, 2.45) is 0 Å². The van der Waals surface area contributed by atoms with E-state index in [4.69, 9.17) is 0 Å². The summed E-state index contributed by atoms with van der Waals surface area (Å²) in [6.07, 6.45) is 0. The van der Waals surface area contributed by atoms with Crippen LogP contribution in [0.5, 0.6) is 0 Å². The van der Waals surface area contributed by atoms with Crippen molar-refractivity contribution in [2.75, 3.05) is 16.0 Å². The van der Waals surface area contributed by atoms with E-state index in [9.17, 15) is 14.0 Å². The average Bonchev–Trinajstić information content (AvgIpc) is 3.10. The van der Waals surface area contributed by atoms with Crippen LogP contribution in [0.4, 0.5) is 15.8 Å². The number of hydrogen-bond acceptors (Lipinski definition) is 3. The van der Waals surface area contributed by atoms with Gasteiger partial charge in [0.2, 0.25) is 5.91 Å². The van der Waals surface area contributed by atoms with Gasteiger partial charge in [0.1, 0.15) is 11.2 Å². The molecule has 1 atom stereocenters. The molecule has 6 heteroatoms. The van der Waals surface area contributed by atoms with Gasteiger partial charge in [0, 0.05) is 16.9 Å². The Hall–Kier alpha value is -3.12. The molecule has 4 nitrogen and oxygen atoms in total. The van der Waals surface area contributed by atoms with Gasteiger partial charge in [0.25, 0.3) is 5.91 Å². The Labute approximate surface area is 172 Å². The predicted octanol–water partition coefficient (Wildman–Crippen LogP) is 5.17. The molecule has 3 aromatic carbocycles. The van der Waals surface area contributed by atoms with Crippen molar-refractivity contribution in [3.63, 3.8) is 0 Å². The molecule has 0 radical (unpaired) electrons. The van der Waals surface area contributed by atoms with Crippen LogP contribution in [0.3, 0.4) is 0 Å². The van der Waals surface area contributed by atoms with Crippen LogP contribution in [-0.4, -0.2) is 17.6 Å². The molecule has 0 aromatic heterocycles. The van der Waals surface area contributed by atoms with E-state index in [-0.39, 0.29) is 23.0 Å². The number of carbonyl (C=O) groups excluding carboxylic acids is 2. The van der Waals surface area contributed by atoms with E-state index in [1.165, 1.54) is 23.9 Å². The van der Waals surface area contributed by atoms with Gasteiger partial charge in [-0.1, -0.05) is 30.3 Å². The highest BCUT2D eigenvalue weighted by Crippen LogP contribution is 2.42. The highest BCUT2D eigenvalue weighted by Gasteiger charge is 2.34. The minimum atomic E-state index is -0.306. The van der Waals surface area contributed by atoms with Crippen molar-refractivity contribution in [1.29, 1.82) is 0 Å². The first-order valence-electron chi connectivity index (χ1n) is 9.19. The number of rotatable bonds is 4. The summed E-state index contributed by atoms with van der Waals surface area (Å²) in [5, 5.41) is 2.65. The summed E-state index contributed by atoms with van der Waals surface area (Å²) in [6, 6.07) is 20.8.